The SMILES string of the molecule is CCN(CC)N(CC)CCN. The van der Waals surface area contributed by atoms with E-state index >= 15 is 0 Å². The summed E-state index contributed by atoms with van der Waals surface area (Å²) in [6.45, 7) is 11.4. The van der Waals surface area contributed by atoms with Gasteiger partial charge in [0.1, 0.15) is 0 Å². The average molecular weight is 159 g/mol. The summed E-state index contributed by atoms with van der Waals surface area (Å²) in [6, 6.07) is 0. The second kappa shape index (κ2) is 6.58. The smallest absolute Gasteiger partial charge is 0.0256 e. The topological polar surface area (TPSA) is 32.5 Å². The molecule has 0 rings (SSSR count). The maximum atomic E-state index is 5.48. The maximum absolute atomic E-state index is 5.48. The highest BCUT2D eigenvalue weighted by Gasteiger charge is 2.07. The van der Waals surface area contributed by atoms with E-state index in [1.807, 2.05) is 0 Å². The minimum absolute atomic E-state index is 0.740. The number of rotatable bonds is 6. The molecule has 0 saturated carbocycles. The van der Waals surface area contributed by atoms with Gasteiger partial charge < -0.3 is 5.73 Å². The highest BCUT2D eigenvalue weighted by Crippen LogP contribution is 1.95. The standard InChI is InChI=1S/C8H21N3/c1-4-10(5-2)11(6-3)8-7-9/h4-9H2,1-3H3. The van der Waals surface area contributed by atoms with Crippen LogP contribution < -0.4 is 5.73 Å². The molecule has 3 heteroatoms. The first-order chi connectivity index (χ1) is 5.29. The summed E-state index contributed by atoms with van der Waals surface area (Å²) >= 11 is 0. The van der Waals surface area contributed by atoms with Gasteiger partial charge in [-0.3, -0.25) is 0 Å². The number of hydrogen-bond donors (Lipinski definition) is 1. The molecule has 0 saturated heterocycles. The van der Waals surface area contributed by atoms with Crippen molar-refractivity contribution in [2.75, 3.05) is 32.7 Å². The zero-order chi connectivity index (χ0) is 8.69. The van der Waals surface area contributed by atoms with Gasteiger partial charge in [0.05, 0.1) is 0 Å². The van der Waals surface area contributed by atoms with Crippen LogP contribution in [0.1, 0.15) is 20.8 Å². The fourth-order valence-electron chi connectivity index (χ4n) is 1.27. The first-order valence-electron chi connectivity index (χ1n) is 4.49. The van der Waals surface area contributed by atoms with Crippen molar-refractivity contribution < 1.29 is 0 Å². The number of nitrogens with two attached hydrogens (primary N) is 1. The van der Waals surface area contributed by atoms with Crippen molar-refractivity contribution in [2.45, 2.75) is 20.8 Å². The van der Waals surface area contributed by atoms with E-state index in [2.05, 4.69) is 30.8 Å². The lowest BCUT2D eigenvalue weighted by Crippen LogP contribution is -2.44. The van der Waals surface area contributed by atoms with Crippen molar-refractivity contribution in [3.05, 3.63) is 0 Å². The quantitative estimate of drug-likeness (QED) is 0.574. The largest absolute Gasteiger partial charge is 0.329 e. The van der Waals surface area contributed by atoms with Crippen LogP contribution in [-0.4, -0.2) is 42.7 Å². The summed E-state index contributed by atoms with van der Waals surface area (Å²) in [4.78, 5) is 0. The van der Waals surface area contributed by atoms with Gasteiger partial charge in [0.15, 0.2) is 0 Å². The van der Waals surface area contributed by atoms with Gasteiger partial charge in [0.2, 0.25) is 0 Å². The van der Waals surface area contributed by atoms with E-state index in [9.17, 15) is 0 Å². The molecule has 11 heavy (non-hydrogen) atoms. The molecule has 0 spiro atoms. The second-order valence-electron chi connectivity index (χ2n) is 2.47. The molecule has 68 valence electrons. The van der Waals surface area contributed by atoms with E-state index in [-0.39, 0.29) is 0 Å². The van der Waals surface area contributed by atoms with E-state index in [1.54, 1.807) is 0 Å². The lowest BCUT2D eigenvalue weighted by Gasteiger charge is -2.32. The summed E-state index contributed by atoms with van der Waals surface area (Å²) in [5.41, 5.74) is 5.48. The molecule has 3 nitrogen and oxygen atoms in total. The van der Waals surface area contributed by atoms with Crippen LogP contribution >= 0.6 is 0 Å². The molecule has 0 aromatic heterocycles. The van der Waals surface area contributed by atoms with Gasteiger partial charge >= 0.3 is 0 Å². The molecule has 0 amide bonds. The van der Waals surface area contributed by atoms with Crippen molar-refractivity contribution >= 4 is 0 Å². The fourth-order valence-corrected chi connectivity index (χ4v) is 1.27. The van der Waals surface area contributed by atoms with E-state index in [0.29, 0.717) is 0 Å². The van der Waals surface area contributed by atoms with Crippen molar-refractivity contribution in [1.29, 1.82) is 0 Å². The predicted molar refractivity (Wildman–Crippen MR) is 49.2 cm³/mol. The molecule has 0 heterocycles. The summed E-state index contributed by atoms with van der Waals surface area (Å²) < 4.78 is 0. The van der Waals surface area contributed by atoms with Crippen molar-refractivity contribution in [3.63, 3.8) is 0 Å². The third-order valence-electron chi connectivity index (χ3n) is 1.88. The third-order valence-corrected chi connectivity index (χ3v) is 1.88. The molecule has 0 aliphatic carbocycles. The molecule has 0 bridgehead atoms. The van der Waals surface area contributed by atoms with Gasteiger partial charge in [-0.2, -0.15) is 0 Å². The summed E-state index contributed by atoms with van der Waals surface area (Å²) in [5, 5.41) is 4.60. The lowest BCUT2D eigenvalue weighted by molar-refractivity contribution is -0.00860. The zero-order valence-corrected chi connectivity index (χ0v) is 8.01. The molecule has 0 unspecified atom stereocenters. The van der Waals surface area contributed by atoms with E-state index in [0.717, 1.165) is 32.7 Å². The van der Waals surface area contributed by atoms with Crippen molar-refractivity contribution in [1.82, 2.24) is 10.0 Å². The molecule has 0 aromatic rings. The molecule has 0 atom stereocenters. The van der Waals surface area contributed by atoms with Gasteiger partial charge in [0.25, 0.3) is 0 Å². The van der Waals surface area contributed by atoms with Crippen LogP contribution in [0.5, 0.6) is 0 Å². The molecule has 2 N–H and O–H groups in total. The molecule has 0 fully saturated rings. The molecule has 0 aromatic carbocycles. The molecule has 0 radical (unpaired) electrons. The van der Waals surface area contributed by atoms with Crippen LogP contribution in [-0.2, 0) is 0 Å². The Kier molecular flexibility index (Phi) is 6.51. The van der Waals surface area contributed by atoms with Crippen molar-refractivity contribution in [2.24, 2.45) is 5.73 Å². The summed E-state index contributed by atoms with van der Waals surface area (Å²) in [7, 11) is 0. The first-order valence-corrected chi connectivity index (χ1v) is 4.49. The Morgan fingerprint density at radius 2 is 1.36 bits per heavy atom. The maximum Gasteiger partial charge on any atom is 0.0256 e. The van der Waals surface area contributed by atoms with Gasteiger partial charge in [0, 0.05) is 32.7 Å². The fraction of sp³-hybridized carbons (Fsp3) is 1.00. The Morgan fingerprint density at radius 3 is 1.64 bits per heavy atom. The van der Waals surface area contributed by atoms with Crippen LogP contribution in [0.3, 0.4) is 0 Å². The summed E-state index contributed by atoms with van der Waals surface area (Å²) in [6.07, 6.45) is 0. The number of nitrogens with zero attached hydrogens (tertiary/aromatic N) is 2. The van der Waals surface area contributed by atoms with Gasteiger partial charge in [-0.05, 0) is 0 Å². The first kappa shape index (κ1) is 10.9. The van der Waals surface area contributed by atoms with E-state index < -0.39 is 0 Å². The average Bonchev–Trinajstić information content (AvgIpc) is 2.05. The summed E-state index contributed by atoms with van der Waals surface area (Å²) in [5.74, 6) is 0. The molecular weight excluding hydrogens is 138 g/mol. The van der Waals surface area contributed by atoms with Crippen LogP contribution in [0.2, 0.25) is 0 Å². The van der Waals surface area contributed by atoms with E-state index in [1.165, 1.54) is 0 Å². The highest BCUT2D eigenvalue weighted by atomic mass is 15.6. The number of hydrazine groups is 1. The van der Waals surface area contributed by atoms with E-state index in [4.69, 9.17) is 5.73 Å². The lowest BCUT2D eigenvalue weighted by atomic mass is 10.5. The Hall–Kier alpha value is -0.120. The minimum Gasteiger partial charge on any atom is -0.329 e. The second-order valence-corrected chi connectivity index (χ2v) is 2.47. The Labute approximate surface area is 70.1 Å². The normalized spacial score (nSPS) is 11.5. The van der Waals surface area contributed by atoms with Gasteiger partial charge in [-0.15, -0.1) is 0 Å². The van der Waals surface area contributed by atoms with Gasteiger partial charge in [-0.25, -0.2) is 10.0 Å². The van der Waals surface area contributed by atoms with Crippen LogP contribution in [0.15, 0.2) is 0 Å². The molecule has 0 aliphatic heterocycles. The minimum atomic E-state index is 0.740. The highest BCUT2D eigenvalue weighted by molar-refractivity contribution is 4.53. The predicted octanol–water partition coefficient (Wildman–Crippen LogP) is 0.524. The van der Waals surface area contributed by atoms with Crippen molar-refractivity contribution in [3.8, 4) is 0 Å². The van der Waals surface area contributed by atoms with Crippen LogP contribution in [0.25, 0.3) is 0 Å². The Morgan fingerprint density at radius 1 is 0.909 bits per heavy atom. The monoisotopic (exact) mass is 159 g/mol. The Bertz CT molecular complexity index is 81.4. The zero-order valence-electron chi connectivity index (χ0n) is 8.01. The Balaban J connectivity index is 3.76. The third kappa shape index (κ3) is 3.70. The number of hydrogen-bond acceptors (Lipinski definition) is 3. The molecular formula is C8H21N3. The van der Waals surface area contributed by atoms with Crippen LogP contribution in [0.4, 0.5) is 0 Å². The van der Waals surface area contributed by atoms with Crippen LogP contribution in [0, 0.1) is 0 Å². The van der Waals surface area contributed by atoms with Gasteiger partial charge in [-0.1, -0.05) is 20.8 Å². The number of likely N-dealkylation sites (N-methyl/N-ethyl adjacent to an activating group) is 1. The molecule has 0 aliphatic rings.